The maximum absolute atomic E-state index is 14.0. The number of alkyl halides is 3. The molecular formula is C26H20F5N5O. The number of anilines is 2. The van der Waals surface area contributed by atoms with Gasteiger partial charge in [-0.1, -0.05) is 6.07 Å². The minimum atomic E-state index is -4.46. The van der Waals surface area contributed by atoms with Gasteiger partial charge in [-0.15, -0.1) is 0 Å². The lowest BCUT2D eigenvalue weighted by Gasteiger charge is -2.58. The highest BCUT2D eigenvalue weighted by Crippen LogP contribution is 2.57. The first-order valence-corrected chi connectivity index (χ1v) is 11.7. The summed E-state index contributed by atoms with van der Waals surface area (Å²) in [5.74, 6) is -1.81. The van der Waals surface area contributed by atoms with Gasteiger partial charge >= 0.3 is 6.18 Å². The Kier molecular flexibility index (Phi) is 5.22. The lowest BCUT2D eigenvalue weighted by atomic mass is 9.63. The van der Waals surface area contributed by atoms with E-state index in [-0.39, 0.29) is 17.1 Å². The molecule has 11 heteroatoms. The molecule has 0 bridgehead atoms. The zero-order valence-electron chi connectivity index (χ0n) is 19.3. The number of hydrogen-bond acceptors (Lipinski definition) is 4. The summed E-state index contributed by atoms with van der Waals surface area (Å²) in [7, 11) is 0. The van der Waals surface area contributed by atoms with Crippen LogP contribution in [0.2, 0.25) is 0 Å². The fourth-order valence-corrected chi connectivity index (χ4v) is 5.44. The van der Waals surface area contributed by atoms with Crippen molar-refractivity contribution in [3.8, 4) is 0 Å². The van der Waals surface area contributed by atoms with Gasteiger partial charge in [0, 0.05) is 31.0 Å². The molecule has 1 amide bonds. The standard InChI is InChI=1S/C26H20F5N5O/c27-17-6-5-16(14-18(17)28)36-22(20-3-1-2-10-32-20)25(23(36)37)8-11-35(12-9-25)24-33-19-7-4-15(26(29,30)31)13-21(19)34-24/h1-7,10,13-14,22H,8-9,11-12H2,(H,33,34). The third-order valence-corrected chi connectivity index (χ3v) is 7.33. The topological polar surface area (TPSA) is 65.1 Å². The Morgan fingerprint density at radius 1 is 0.973 bits per heavy atom. The van der Waals surface area contributed by atoms with Crippen molar-refractivity contribution >= 4 is 28.6 Å². The number of H-pyrrole nitrogens is 1. The monoisotopic (exact) mass is 513 g/mol. The van der Waals surface area contributed by atoms with Crippen molar-refractivity contribution in [2.75, 3.05) is 22.9 Å². The van der Waals surface area contributed by atoms with Gasteiger partial charge in [0.25, 0.3) is 0 Å². The molecule has 0 saturated carbocycles. The molecule has 2 aliphatic heterocycles. The molecular weight excluding hydrogens is 493 g/mol. The SMILES string of the molecule is O=C1N(c2ccc(F)c(F)c2)C(c2ccccn2)C12CCN(c1nc3ccc(C(F)(F)F)cc3[nH]1)CC2. The highest BCUT2D eigenvalue weighted by Gasteiger charge is 2.62. The molecule has 1 atom stereocenters. The van der Waals surface area contributed by atoms with E-state index in [1.165, 1.54) is 17.0 Å². The number of nitrogens with zero attached hydrogens (tertiary/aromatic N) is 4. The van der Waals surface area contributed by atoms with Gasteiger partial charge < -0.3 is 14.8 Å². The number of rotatable bonds is 3. The number of aromatic nitrogens is 3. The van der Waals surface area contributed by atoms with E-state index in [1.54, 1.807) is 24.4 Å². The number of fused-ring (bicyclic) bond motifs is 1. The normalized spacial score (nSPS) is 19.5. The third kappa shape index (κ3) is 3.71. The van der Waals surface area contributed by atoms with Crippen molar-refractivity contribution in [3.05, 3.63) is 83.7 Å². The van der Waals surface area contributed by atoms with Gasteiger partial charge in [0.1, 0.15) is 0 Å². The van der Waals surface area contributed by atoms with Crippen molar-refractivity contribution in [2.45, 2.75) is 25.1 Å². The van der Waals surface area contributed by atoms with Gasteiger partial charge in [-0.25, -0.2) is 13.8 Å². The van der Waals surface area contributed by atoms with Crippen LogP contribution in [0.15, 0.2) is 60.8 Å². The van der Waals surface area contributed by atoms with Gasteiger partial charge in [0.2, 0.25) is 11.9 Å². The van der Waals surface area contributed by atoms with E-state index >= 15 is 0 Å². The van der Waals surface area contributed by atoms with Crippen molar-refractivity contribution < 1.29 is 26.7 Å². The van der Waals surface area contributed by atoms with Crippen LogP contribution in [0, 0.1) is 17.0 Å². The van der Waals surface area contributed by atoms with Gasteiger partial charge in [0.15, 0.2) is 11.6 Å². The molecule has 2 fully saturated rings. The summed E-state index contributed by atoms with van der Waals surface area (Å²) in [5.41, 5.74) is 0.0302. The second-order valence-electron chi connectivity index (χ2n) is 9.36. The van der Waals surface area contributed by atoms with Crippen LogP contribution in [0.1, 0.15) is 30.1 Å². The quantitative estimate of drug-likeness (QED) is 0.285. The Morgan fingerprint density at radius 2 is 1.76 bits per heavy atom. The van der Waals surface area contributed by atoms with E-state index in [2.05, 4.69) is 15.0 Å². The molecule has 190 valence electrons. The highest BCUT2D eigenvalue weighted by atomic mass is 19.4. The van der Waals surface area contributed by atoms with Gasteiger partial charge in [-0.2, -0.15) is 13.2 Å². The van der Waals surface area contributed by atoms with Crippen molar-refractivity contribution in [1.82, 2.24) is 15.0 Å². The fourth-order valence-electron chi connectivity index (χ4n) is 5.44. The van der Waals surface area contributed by atoms with Gasteiger partial charge in [-0.05, 0) is 55.3 Å². The number of β-lactam (4-membered cyclic amide) rings is 1. The lowest BCUT2D eigenvalue weighted by molar-refractivity contribution is -0.142. The predicted octanol–water partition coefficient (Wildman–Crippen LogP) is 5.63. The Labute approximate surface area is 207 Å². The summed E-state index contributed by atoms with van der Waals surface area (Å²) in [5, 5.41) is 0. The van der Waals surface area contributed by atoms with Crippen LogP contribution in [0.25, 0.3) is 11.0 Å². The number of pyridine rings is 1. The van der Waals surface area contributed by atoms with Crippen molar-refractivity contribution in [2.24, 2.45) is 5.41 Å². The summed E-state index contributed by atoms with van der Waals surface area (Å²) in [6.07, 6.45) is -1.98. The van der Waals surface area contributed by atoms with Crippen LogP contribution in [-0.4, -0.2) is 33.9 Å². The van der Waals surface area contributed by atoms with E-state index < -0.39 is 34.8 Å². The molecule has 1 unspecified atom stereocenters. The Balaban J connectivity index is 1.28. The molecule has 2 aromatic carbocycles. The summed E-state index contributed by atoms with van der Waals surface area (Å²) in [4.78, 5) is 28.8. The second-order valence-corrected chi connectivity index (χ2v) is 9.36. The van der Waals surface area contributed by atoms with Gasteiger partial charge in [0.05, 0.1) is 33.7 Å². The largest absolute Gasteiger partial charge is 0.416 e. The minimum Gasteiger partial charge on any atom is -0.342 e. The number of piperidine rings is 1. The summed E-state index contributed by atoms with van der Waals surface area (Å²) in [6, 6.07) is 11.6. The summed E-state index contributed by atoms with van der Waals surface area (Å²) in [6.45, 7) is 0.847. The number of nitrogens with one attached hydrogen (secondary N) is 1. The molecule has 0 aliphatic carbocycles. The van der Waals surface area contributed by atoms with Crippen LogP contribution in [-0.2, 0) is 11.0 Å². The molecule has 1 spiro atoms. The Bertz CT molecular complexity index is 1490. The lowest BCUT2D eigenvalue weighted by Crippen LogP contribution is -2.67. The summed E-state index contributed by atoms with van der Waals surface area (Å²) < 4.78 is 66.8. The third-order valence-electron chi connectivity index (χ3n) is 7.33. The molecule has 0 radical (unpaired) electrons. The van der Waals surface area contributed by atoms with E-state index in [0.29, 0.717) is 43.1 Å². The van der Waals surface area contributed by atoms with E-state index in [9.17, 15) is 26.7 Å². The predicted molar refractivity (Wildman–Crippen MR) is 126 cm³/mol. The highest BCUT2D eigenvalue weighted by molar-refractivity contribution is 6.06. The zero-order chi connectivity index (χ0) is 25.9. The number of carbonyl (C=O) groups excluding carboxylic acids is 1. The molecule has 2 aromatic heterocycles. The molecule has 6 rings (SSSR count). The molecule has 1 N–H and O–H groups in total. The molecule has 4 aromatic rings. The van der Waals surface area contributed by atoms with Crippen molar-refractivity contribution in [3.63, 3.8) is 0 Å². The number of imidazole rings is 1. The average molecular weight is 513 g/mol. The Hall–Kier alpha value is -4.02. The molecule has 4 heterocycles. The molecule has 2 saturated heterocycles. The van der Waals surface area contributed by atoms with Gasteiger partial charge in [-0.3, -0.25) is 9.78 Å². The molecule has 6 nitrogen and oxygen atoms in total. The van der Waals surface area contributed by atoms with Crippen LogP contribution >= 0.6 is 0 Å². The maximum Gasteiger partial charge on any atom is 0.416 e. The van der Waals surface area contributed by atoms with E-state index in [1.807, 2.05) is 4.90 Å². The number of aromatic amines is 1. The molecule has 2 aliphatic rings. The van der Waals surface area contributed by atoms with E-state index in [0.717, 1.165) is 24.3 Å². The zero-order valence-corrected chi connectivity index (χ0v) is 19.3. The Morgan fingerprint density at radius 3 is 2.43 bits per heavy atom. The number of benzene rings is 2. The first kappa shape index (κ1) is 23.4. The van der Waals surface area contributed by atoms with Crippen molar-refractivity contribution in [1.29, 1.82) is 0 Å². The fraction of sp³-hybridized carbons (Fsp3) is 0.269. The maximum atomic E-state index is 14.0. The van der Waals surface area contributed by atoms with Crippen LogP contribution < -0.4 is 9.80 Å². The smallest absolute Gasteiger partial charge is 0.342 e. The first-order chi connectivity index (χ1) is 17.7. The first-order valence-electron chi connectivity index (χ1n) is 11.7. The number of halogens is 5. The number of hydrogen-bond donors (Lipinski definition) is 1. The van der Waals surface area contributed by atoms with Crippen LogP contribution in [0.3, 0.4) is 0 Å². The molecule has 37 heavy (non-hydrogen) atoms. The number of amides is 1. The van der Waals surface area contributed by atoms with E-state index in [4.69, 9.17) is 0 Å². The minimum absolute atomic E-state index is 0.201. The number of carbonyl (C=O) groups is 1. The van der Waals surface area contributed by atoms with Crippen LogP contribution in [0.5, 0.6) is 0 Å². The second kappa shape index (κ2) is 8.25. The average Bonchev–Trinajstić information content (AvgIpc) is 3.32. The van der Waals surface area contributed by atoms with Crippen LogP contribution in [0.4, 0.5) is 33.6 Å². The summed E-state index contributed by atoms with van der Waals surface area (Å²) >= 11 is 0.